The summed E-state index contributed by atoms with van der Waals surface area (Å²) in [6, 6.07) is 5.44. The second-order valence-electron chi connectivity index (χ2n) is 4.98. The highest BCUT2D eigenvalue weighted by Gasteiger charge is 2.18. The normalized spacial score (nSPS) is 17.0. The Morgan fingerprint density at radius 2 is 2.10 bits per heavy atom. The molecule has 1 aromatic carbocycles. The summed E-state index contributed by atoms with van der Waals surface area (Å²) in [5.74, 6) is 0.0631. The molecular weight excluding hydrogens is 276 g/mol. The maximum Gasteiger partial charge on any atom is 0.124 e. The fourth-order valence-corrected chi connectivity index (χ4v) is 2.74. The topological polar surface area (TPSA) is 76.6 Å². The van der Waals surface area contributed by atoms with E-state index in [1.807, 2.05) is 6.07 Å². The summed E-state index contributed by atoms with van der Waals surface area (Å²) in [6.07, 6.45) is 1.02. The first-order valence-electron chi connectivity index (χ1n) is 6.84. The molecule has 0 saturated carbocycles. The van der Waals surface area contributed by atoms with Gasteiger partial charge in [-0.05, 0) is 31.2 Å². The largest absolute Gasteiger partial charge is 0.395 e. The molecule has 0 aromatic heterocycles. The molecule has 1 aromatic rings. The summed E-state index contributed by atoms with van der Waals surface area (Å²) in [7, 11) is 0. The summed E-state index contributed by atoms with van der Waals surface area (Å²) >= 11 is 6.08. The van der Waals surface area contributed by atoms with Gasteiger partial charge in [-0.15, -0.1) is 0 Å². The average Bonchev–Trinajstić information content (AvgIpc) is 2.64. The third-order valence-electron chi connectivity index (χ3n) is 3.60. The van der Waals surface area contributed by atoms with Crippen LogP contribution in [0.1, 0.15) is 12.0 Å². The van der Waals surface area contributed by atoms with Crippen LogP contribution in [0.25, 0.3) is 0 Å². The highest BCUT2D eigenvalue weighted by atomic mass is 35.5. The van der Waals surface area contributed by atoms with Crippen molar-refractivity contribution >= 4 is 23.1 Å². The van der Waals surface area contributed by atoms with Crippen molar-refractivity contribution in [1.82, 2.24) is 4.90 Å². The van der Waals surface area contributed by atoms with E-state index in [-0.39, 0.29) is 12.4 Å². The molecule has 1 heterocycles. The molecule has 2 rings (SSSR count). The van der Waals surface area contributed by atoms with Crippen LogP contribution in [0.4, 0.5) is 5.69 Å². The van der Waals surface area contributed by atoms with E-state index in [2.05, 4.69) is 9.80 Å². The van der Waals surface area contributed by atoms with Gasteiger partial charge in [-0.25, -0.2) is 0 Å². The molecule has 0 aliphatic carbocycles. The summed E-state index contributed by atoms with van der Waals surface area (Å²) in [6.45, 7) is 4.53. The molecule has 0 unspecified atom stereocenters. The van der Waals surface area contributed by atoms with Crippen LogP contribution in [0.3, 0.4) is 0 Å². The van der Waals surface area contributed by atoms with E-state index in [4.69, 9.17) is 27.9 Å². The van der Waals surface area contributed by atoms with E-state index in [0.717, 1.165) is 43.9 Å². The zero-order chi connectivity index (χ0) is 14.5. The Balaban J connectivity index is 2.18. The fraction of sp³-hybridized carbons (Fsp3) is 0.500. The second-order valence-corrected chi connectivity index (χ2v) is 5.42. The molecule has 1 saturated heterocycles. The van der Waals surface area contributed by atoms with Crippen molar-refractivity contribution in [1.29, 1.82) is 5.41 Å². The van der Waals surface area contributed by atoms with E-state index in [0.29, 0.717) is 11.6 Å². The number of hydrogen-bond donors (Lipinski definition) is 3. The Labute approximate surface area is 124 Å². The predicted octanol–water partition coefficient (Wildman–Crippen LogP) is 1.13. The Kier molecular flexibility index (Phi) is 5.23. The van der Waals surface area contributed by atoms with Gasteiger partial charge in [-0.2, -0.15) is 0 Å². The summed E-state index contributed by atoms with van der Waals surface area (Å²) in [4.78, 5) is 4.47. The number of rotatable bonds is 4. The number of benzene rings is 1. The quantitative estimate of drug-likeness (QED) is 0.575. The van der Waals surface area contributed by atoms with E-state index >= 15 is 0 Å². The molecule has 1 aliphatic rings. The second kappa shape index (κ2) is 6.92. The van der Waals surface area contributed by atoms with Crippen LogP contribution < -0.4 is 10.6 Å². The number of nitrogens with zero attached hydrogens (tertiary/aromatic N) is 2. The first kappa shape index (κ1) is 15.1. The molecule has 20 heavy (non-hydrogen) atoms. The number of anilines is 1. The van der Waals surface area contributed by atoms with Gasteiger partial charge < -0.3 is 15.7 Å². The number of nitrogens with one attached hydrogen (secondary N) is 1. The molecule has 1 fully saturated rings. The fourth-order valence-electron chi connectivity index (χ4n) is 2.57. The number of nitrogens with two attached hydrogens (primary N) is 1. The Hall–Kier alpha value is -1.30. The molecular formula is C14H21ClN4O. The maximum atomic E-state index is 9.03. The van der Waals surface area contributed by atoms with E-state index < -0.39 is 0 Å². The van der Waals surface area contributed by atoms with Crippen molar-refractivity contribution < 1.29 is 5.11 Å². The molecule has 0 amide bonds. The van der Waals surface area contributed by atoms with Gasteiger partial charge in [0, 0.05) is 42.5 Å². The van der Waals surface area contributed by atoms with Crippen molar-refractivity contribution in [3.8, 4) is 0 Å². The van der Waals surface area contributed by atoms with Crippen molar-refractivity contribution in [2.75, 3.05) is 44.2 Å². The average molecular weight is 297 g/mol. The number of nitrogen functional groups attached to an aromatic ring is 1. The smallest absolute Gasteiger partial charge is 0.124 e. The van der Waals surface area contributed by atoms with Gasteiger partial charge in [0.25, 0.3) is 0 Å². The SMILES string of the molecule is N=C(N)c1ccc(Cl)cc1N1CCCN(CCO)CC1. The van der Waals surface area contributed by atoms with Crippen LogP contribution in [0.2, 0.25) is 5.02 Å². The first-order valence-corrected chi connectivity index (χ1v) is 7.21. The third-order valence-corrected chi connectivity index (χ3v) is 3.83. The lowest BCUT2D eigenvalue weighted by molar-refractivity contribution is 0.204. The van der Waals surface area contributed by atoms with Gasteiger partial charge in [-0.1, -0.05) is 11.6 Å². The Bertz CT molecular complexity index is 480. The molecule has 110 valence electrons. The minimum atomic E-state index is 0.0631. The van der Waals surface area contributed by atoms with Crippen molar-refractivity contribution in [3.63, 3.8) is 0 Å². The molecule has 5 nitrogen and oxygen atoms in total. The number of aliphatic hydroxyl groups excluding tert-OH is 1. The first-order chi connectivity index (χ1) is 9.61. The number of amidine groups is 1. The van der Waals surface area contributed by atoms with Gasteiger partial charge in [0.05, 0.1) is 6.61 Å². The number of hydrogen-bond acceptors (Lipinski definition) is 4. The van der Waals surface area contributed by atoms with Crippen LogP contribution in [0.5, 0.6) is 0 Å². The summed E-state index contributed by atoms with van der Waals surface area (Å²) < 4.78 is 0. The molecule has 0 atom stereocenters. The molecule has 0 radical (unpaired) electrons. The number of aliphatic hydroxyl groups is 1. The van der Waals surface area contributed by atoms with E-state index in [1.165, 1.54) is 0 Å². The highest BCUT2D eigenvalue weighted by molar-refractivity contribution is 6.31. The van der Waals surface area contributed by atoms with Gasteiger partial charge in [0.2, 0.25) is 0 Å². The van der Waals surface area contributed by atoms with Crippen LogP contribution in [0, 0.1) is 5.41 Å². The summed E-state index contributed by atoms with van der Waals surface area (Å²) in [5.41, 5.74) is 7.31. The van der Waals surface area contributed by atoms with Gasteiger partial charge >= 0.3 is 0 Å². The van der Waals surface area contributed by atoms with Gasteiger partial charge in [0.15, 0.2) is 0 Å². The molecule has 1 aliphatic heterocycles. The minimum Gasteiger partial charge on any atom is -0.395 e. The van der Waals surface area contributed by atoms with E-state index in [9.17, 15) is 0 Å². The lowest BCUT2D eigenvalue weighted by Gasteiger charge is -2.25. The predicted molar refractivity (Wildman–Crippen MR) is 82.8 cm³/mol. The van der Waals surface area contributed by atoms with Crippen LogP contribution >= 0.6 is 11.6 Å². The van der Waals surface area contributed by atoms with Crippen molar-refractivity contribution in [2.24, 2.45) is 5.73 Å². The van der Waals surface area contributed by atoms with Gasteiger partial charge in [0.1, 0.15) is 5.84 Å². The summed E-state index contributed by atoms with van der Waals surface area (Å²) in [5, 5.41) is 17.4. The highest BCUT2D eigenvalue weighted by Crippen LogP contribution is 2.25. The zero-order valence-electron chi connectivity index (χ0n) is 11.5. The molecule has 4 N–H and O–H groups in total. The lowest BCUT2D eigenvalue weighted by atomic mass is 10.1. The monoisotopic (exact) mass is 296 g/mol. The molecule has 0 bridgehead atoms. The Morgan fingerprint density at radius 1 is 1.30 bits per heavy atom. The minimum absolute atomic E-state index is 0.0631. The maximum absolute atomic E-state index is 9.03. The van der Waals surface area contributed by atoms with Crippen LogP contribution in [-0.2, 0) is 0 Å². The standard InChI is InChI=1S/C14H21ClN4O/c15-11-2-3-12(14(16)17)13(10-11)19-5-1-4-18(6-7-19)8-9-20/h2-3,10,20H,1,4-9H2,(H3,16,17). The zero-order valence-corrected chi connectivity index (χ0v) is 12.2. The number of halogens is 1. The van der Waals surface area contributed by atoms with Crippen molar-refractivity contribution in [3.05, 3.63) is 28.8 Å². The molecule has 0 spiro atoms. The van der Waals surface area contributed by atoms with E-state index in [1.54, 1.807) is 12.1 Å². The van der Waals surface area contributed by atoms with Crippen molar-refractivity contribution in [2.45, 2.75) is 6.42 Å². The number of β-amino-alcohol motifs (C(OH)–C–C–N with tert-alkyl or cyclic N) is 1. The lowest BCUT2D eigenvalue weighted by Crippen LogP contribution is -2.33. The van der Waals surface area contributed by atoms with Gasteiger partial charge in [-0.3, -0.25) is 10.3 Å². The van der Waals surface area contributed by atoms with Crippen LogP contribution in [0.15, 0.2) is 18.2 Å². The third kappa shape index (κ3) is 3.62. The Morgan fingerprint density at radius 3 is 2.80 bits per heavy atom. The molecule has 6 heteroatoms. The van der Waals surface area contributed by atoms with Crippen LogP contribution in [-0.4, -0.2) is 55.2 Å².